The van der Waals surface area contributed by atoms with Gasteiger partial charge in [0, 0.05) is 5.56 Å². The summed E-state index contributed by atoms with van der Waals surface area (Å²) in [7, 11) is 4.53. The van der Waals surface area contributed by atoms with E-state index in [-0.39, 0.29) is 18.8 Å². The Morgan fingerprint density at radius 2 is 1.57 bits per heavy atom. The van der Waals surface area contributed by atoms with Crippen molar-refractivity contribution in [1.82, 2.24) is 0 Å². The second-order valence-corrected chi connectivity index (χ2v) is 6.63. The summed E-state index contributed by atoms with van der Waals surface area (Å²) in [6.07, 6.45) is 3.18. The van der Waals surface area contributed by atoms with Crippen LogP contribution < -0.4 is 14.2 Å². The number of Topliss-reactive ketones (excluding diaryl/α,β-unsaturated/α-hetero) is 1. The zero-order chi connectivity index (χ0) is 20.1. The fourth-order valence-electron chi connectivity index (χ4n) is 3.43. The summed E-state index contributed by atoms with van der Waals surface area (Å²) < 4.78 is 21.0. The van der Waals surface area contributed by atoms with Crippen LogP contribution in [0, 0.1) is 0 Å². The Hall–Kier alpha value is -3.02. The van der Waals surface area contributed by atoms with Gasteiger partial charge in [-0.3, -0.25) is 9.59 Å². The molecule has 0 unspecified atom stereocenters. The van der Waals surface area contributed by atoms with Crippen molar-refractivity contribution in [2.45, 2.75) is 25.7 Å². The van der Waals surface area contributed by atoms with Crippen molar-refractivity contribution in [1.29, 1.82) is 0 Å². The minimum Gasteiger partial charge on any atom is -0.493 e. The molecule has 6 heteroatoms. The third kappa shape index (κ3) is 4.27. The van der Waals surface area contributed by atoms with Gasteiger partial charge in [0.25, 0.3) is 0 Å². The quantitative estimate of drug-likeness (QED) is 0.514. The topological polar surface area (TPSA) is 71.1 Å². The zero-order valence-electron chi connectivity index (χ0n) is 16.4. The first-order valence-electron chi connectivity index (χ1n) is 9.15. The van der Waals surface area contributed by atoms with Gasteiger partial charge in [0.2, 0.25) is 5.75 Å². The number of fused-ring (bicyclic) bond motifs is 1. The van der Waals surface area contributed by atoms with Crippen LogP contribution in [0.2, 0.25) is 0 Å². The van der Waals surface area contributed by atoms with E-state index in [9.17, 15) is 9.59 Å². The fraction of sp³-hybridized carbons (Fsp3) is 0.364. The molecule has 1 aliphatic carbocycles. The maximum absolute atomic E-state index is 12.4. The number of hydrogen-bond acceptors (Lipinski definition) is 6. The Morgan fingerprint density at radius 3 is 2.21 bits per heavy atom. The van der Waals surface area contributed by atoms with E-state index in [0.29, 0.717) is 28.4 Å². The normalized spacial score (nSPS) is 12.2. The standard InChI is InChI=1S/C22H24O6/c1-25-19-9-14(10-20(26-2)22(19)27-3)11-21(24)28-13-18(23)17-8-7-15-5-4-6-16(15)12-17/h7-10,12H,4-6,11,13H2,1-3H3. The second kappa shape index (κ2) is 8.78. The van der Waals surface area contributed by atoms with Gasteiger partial charge >= 0.3 is 5.97 Å². The second-order valence-electron chi connectivity index (χ2n) is 6.63. The number of carbonyl (C=O) groups is 2. The molecule has 28 heavy (non-hydrogen) atoms. The Bertz CT molecular complexity index is 862. The lowest BCUT2D eigenvalue weighted by Gasteiger charge is -2.14. The number of hydrogen-bond donors (Lipinski definition) is 0. The van der Waals surface area contributed by atoms with Crippen molar-refractivity contribution in [3.8, 4) is 17.2 Å². The molecule has 0 spiro atoms. The lowest BCUT2D eigenvalue weighted by atomic mass is 10.0. The van der Waals surface area contributed by atoms with Gasteiger partial charge in [-0.25, -0.2) is 0 Å². The van der Waals surface area contributed by atoms with Crippen LogP contribution in [-0.2, 0) is 28.8 Å². The van der Waals surface area contributed by atoms with Gasteiger partial charge in [0.05, 0.1) is 27.8 Å². The molecule has 0 fully saturated rings. The van der Waals surface area contributed by atoms with Gasteiger partial charge in [-0.2, -0.15) is 0 Å². The number of carbonyl (C=O) groups excluding carboxylic acids is 2. The number of benzene rings is 2. The highest BCUT2D eigenvalue weighted by Gasteiger charge is 2.18. The van der Waals surface area contributed by atoms with Crippen molar-refractivity contribution in [2.75, 3.05) is 27.9 Å². The molecule has 148 valence electrons. The summed E-state index contributed by atoms with van der Waals surface area (Å²) >= 11 is 0. The Balaban J connectivity index is 1.62. The Morgan fingerprint density at radius 1 is 0.893 bits per heavy atom. The van der Waals surface area contributed by atoms with Gasteiger partial charge in [-0.15, -0.1) is 0 Å². The minimum absolute atomic E-state index is 0.00577. The number of aryl methyl sites for hydroxylation is 2. The lowest BCUT2D eigenvalue weighted by Crippen LogP contribution is -2.16. The smallest absolute Gasteiger partial charge is 0.310 e. The van der Waals surface area contributed by atoms with Gasteiger partial charge in [-0.1, -0.05) is 12.1 Å². The third-order valence-electron chi connectivity index (χ3n) is 4.86. The highest BCUT2D eigenvalue weighted by molar-refractivity contribution is 5.98. The first-order chi connectivity index (χ1) is 13.5. The van der Waals surface area contributed by atoms with Crippen LogP contribution >= 0.6 is 0 Å². The number of esters is 1. The number of rotatable bonds is 8. The number of ether oxygens (including phenoxy) is 4. The highest BCUT2D eigenvalue weighted by Crippen LogP contribution is 2.38. The van der Waals surface area contributed by atoms with E-state index in [2.05, 4.69) is 0 Å². The van der Waals surface area contributed by atoms with E-state index in [1.807, 2.05) is 12.1 Å². The van der Waals surface area contributed by atoms with Gasteiger partial charge in [0.15, 0.2) is 23.9 Å². The maximum Gasteiger partial charge on any atom is 0.310 e. The van der Waals surface area contributed by atoms with E-state index < -0.39 is 5.97 Å². The van der Waals surface area contributed by atoms with Crippen LogP contribution in [0.1, 0.15) is 33.5 Å². The molecule has 0 atom stereocenters. The molecule has 0 radical (unpaired) electrons. The van der Waals surface area contributed by atoms with E-state index in [1.54, 1.807) is 18.2 Å². The summed E-state index contributed by atoms with van der Waals surface area (Å²) in [5.74, 6) is 0.670. The molecule has 2 aromatic carbocycles. The molecular formula is C22H24O6. The van der Waals surface area contributed by atoms with Gasteiger partial charge in [-0.05, 0) is 54.2 Å². The van der Waals surface area contributed by atoms with E-state index >= 15 is 0 Å². The van der Waals surface area contributed by atoms with Crippen molar-refractivity contribution in [3.05, 3.63) is 52.6 Å². The minimum atomic E-state index is -0.496. The first-order valence-corrected chi connectivity index (χ1v) is 9.15. The van der Waals surface area contributed by atoms with Crippen molar-refractivity contribution >= 4 is 11.8 Å². The van der Waals surface area contributed by atoms with Crippen LogP contribution in [0.15, 0.2) is 30.3 Å². The Labute approximate surface area is 164 Å². The molecule has 0 aromatic heterocycles. The fourth-order valence-corrected chi connectivity index (χ4v) is 3.43. The van der Waals surface area contributed by atoms with Crippen LogP contribution in [0.3, 0.4) is 0 Å². The van der Waals surface area contributed by atoms with Crippen LogP contribution in [0.4, 0.5) is 0 Å². The molecule has 0 saturated heterocycles. The molecule has 3 rings (SSSR count). The summed E-state index contributed by atoms with van der Waals surface area (Å²) in [6, 6.07) is 9.08. The summed E-state index contributed by atoms with van der Waals surface area (Å²) in [5.41, 5.74) is 3.75. The zero-order valence-corrected chi connectivity index (χ0v) is 16.4. The molecule has 0 N–H and O–H groups in total. The monoisotopic (exact) mass is 384 g/mol. The number of methoxy groups -OCH3 is 3. The maximum atomic E-state index is 12.4. The molecule has 0 bridgehead atoms. The number of ketones is 1. The SMILES string of the molecule is COc1cc(CC(=O)OCC(=O)c2ccc3c(c2)CCC3)cc(OC)c1OC. The molecule has 0 amide bonds. The van der Waals surface area contributed by atoms with Crippen LogP contribution in [0.5, 0.6) is 17.2 Å². The van der Waals surface area contributed by atoms with E-state index in [1.165, 1.54) is 32.5 Å². The predicted octanol–water partition coefficient (Wildman–Crippen LogP) is 3.17. The van der Waals surface area contributed by atoms with Gasteiger partial charge < -0.3 is 18.9 Å². The van der Waals surface area contributed by atoms with Gasteiger partial charge in [0.1, 0.15) is 0 Å². The summed E-state index contributed by atoms with van der Waals surface area (Å²) in [6.45, 7) is -0.276. The summed E-state index contributed by atoms with van der Waals surface area (Å²) in [5, 5.41) is 0. The van der Waals surface area contributed by atoms with Crippen LogP contribution in [0.25, 0.3) is 0 Å². The highest BCUT2D eigenvalue weighted by atomic mass is 16.5. The lowest BCUT2D eigenvalue weighted by molar-refractivity contribution is -0.141. The van der Waals surface area contributed by atoms with Crippen molar-refractivity contribution < 1.29 is 28.5 Å². The average molecular weight is 384 g/mol. The molecule has 6 nitrogen and oxygen atoms in total. The molecule has 0 aliphatic heterocycles. The van der Waals surface area contributed by atoms with Crippen LogP contribution in [-0.4, -0.2) is 39.7 Å². The van der Waals surface area contributed by atoms with Crippen molar-refractivity contribution in [2.24, 2.45) is 0 Å². The molecule has 1 aliphatic rings. The third-order valence-corrected chi connectivity index (χ3v) is 4.86. The average Bonchev–Trinajstić information content (AvgIpc) is 3.19. The largest absolute Gasteiger partial charge is 0.493 e. The molecule has 0 heterocycles. The van der Waals surface area contributed by atoms with Crippen molar-refractivity contribution in [3.63, 3.8) is 0 Å². The molecular weight excluding hydrogens is 360 g/mol. The summed E-state index contributed by atoms with van der Waals surface area (Å²) in [4.78, 5) is 24.6. The molecule has 2 aromatic rings. The first kappa shape index (κ1) is 19.7. The Kier molecular flexibility index (Phi) is 6.19. The predicted molar refractivity (Wildman–Crippen MR) is 104 cm³/mol. The van der Waals surface area contributed by atoms with E-state index in [0.717, 1.165) is 19.3 Å². The molecule has 0 saturated carbocycles. The van der Waals surface area contributed by atoms with E-state index in [4.69, 9.17) is 18.9 Å².